The van der Waals surface area contributed by atoms with Gasteiger partial charge in [-0.15, -0.1) is 0 Å². The molecule has 0 heterocycles. The Hall–Kier alpha value is 1.01. The molecule has 54 valence electrons. The van der Waals surface area contributed by atoms with Crippen LogP contribution in [0.15, 0.2) is 16.6 Å². The molecule has 0 N–H and O–H groups in total. The van der Waals surface area contributed by atoms with Crippen LogP contribution in [0.2, 0.25) is 10.0 Å². The molecule has 0 aliphatic rings. The third kappa shape index (κ3) is 2.00. The molecular weight excluding hydrogens is 350 g/mol. The van der Waals surface area contributed by atoms with Crippen LogP contribution < -0.4 is 0 Å². The molecule has 0 nitrogen and oxygen atoms in total. The molecule has 0 saturated heterocycles. The van der Waals surface area contributed by atoms with Crippen LogP contribution in [0, 0.1) is 3.57 Å². The third-order valence-corrected chi connectivity index (χ3v) is 3.68. The highest BCUT2D eigenvalue weighted by Gasteiger charge is 2.01. The number of benzene rings is 1. The minimum absolute atomic E-state index is 0.644. The maximum absolute atomic E-state index is 5.77. The zero-order valence-electron chi connectivity index (χ0n) is 4.67. The standard InChI is InChI=1S/C6H2BrCl2I/c7-3-1-6(10)5(9)2-4(3)8/h1-2H. The van der Waals surface area contributed by atoms with Crippen molar-refractivity contribution in [3.8, 4) is 0 Å². The summed E-state index contributed by atoms with van der Waals surface area (Å²) in [7, 11) is 0. The zero-order valence-corrected chi connectivity index (χ0v) is 9.92. The van der Waals surface area contributed by atoms with Gasteiger partial charge in [-0.2, -0.15) is 0 Å². The highest BCUT2D eigenvalue weighted by atomic mass is 127. The highest BCUT2D eigenvalue weighted by Crippen LogP contribution is 2.29. The van der Waals surface area contributed by atoms with Crippen LogP contribution in [0.4, 0.5) is 0 Å². The van der Waals surface area contributed by atoms with Gasteiger partial charge in [0.05, 0.1) is 10.0 Å². The van der Waals surface area contributed by atoms with E-state index in [1.807, 2.05) is 6.07 Å². The quantitative estimate of drug-likeness (QED) is 0.481. The molecule has 0 radical (unpaired) electrons. The Labute approximate surface area is 91.2 Å². The van der Waals surface area contributed by atoms with Gasteiger partial charge >= 0.3 is 0 Å². The lowest BCUT2D eigenvalue weighted by Crippen LogP contribution is -1.75. The van der Waals surface area contributed by atoms with E-state index in [-0.39, 0.29) is 0 Å². The number of halogens is 4. The number of hydrogen-bond acceptors (Lipinski definition) is 0. The SMILES string of the molecule is Clc1cc(Cl)c(I)cc1Br. The second-order valence-corrected chi connectivity index (χ2v) is 4.51. The van der Waals surface area contributed by atoms with Gasteiger partial charge in [0.15, 0.2) is 0 Å². The van der Waals surface area contributed by atoms with Gasteiger partial charge in [-0.3, -0.25) is 0 Å². The summed E-state index contributed by atoms with van der Waals surface area (Å²) in [6.45, 7) is 0. The molecule has 1 aromatic rings. The summed E-state index contributed by atoms with van der Waals surface area (Å²) in [5, 5.41) is 1.33. The molecule has 0 aliphatic carbocycles. The average Bonchev–Trinajstić information content (AvgIpc) is 1.84. The molecule has 4 heteroatoms. The average molecular weight is 352 g/mol. The van der Waals surface area contributed by atoms with Crippen LogP contribution in [0.5, 0.6) is 0 Å². The Morgan fingerprint density at radius 1 is 1.20 bits per heavy atom. The van der Waals surface area contributed by atoms with Crippen LogP contribution in [0.1, 0.15) is 0 Å². The Bertz CT molecular complexity index is 212. The van der Waals surface area contributed by atoms with E-state index in [1.54, 1.807) is 6.07 Å². The molecule has 0 amide bonds. The Kier molecular flexibility index (Phi) is 3.28. The van der Waals surface area contributed by atoms with E-state index in [0.29, 0.717) is 10.0 Å². The van der Waals surface area contributed by atoms with E-state index in [2.05, 4.69) is 38.5 Å². The fraction of sp³-hybridized carbons (Fsp3) is 0. The lowest BCUT2D eigenvalue weighted by atomic mass is 10.4. The third-order valence-electron chi connectivity index (χ3n) is 0.963. The van der Waals surface area contributed by atoms with Crippen molar-refractivity contribution >= 4 is 61.7 Å². The van der Waals surface area contributed by atoms with Crippen molar-refractivity contribution in [2.45, 2.75) is 0 Å². The van der Waals surface area contributed by atoms with Gasteiger partial charge in [0.2, 0.25) is 0 Å². The summed E-state index contributed by atoms with van der Waals surface area (Å²) in [5.74, 6) is 0. The summed E-state index contributed by atoms with van der Waals surface area (Å²) in [5.41, 5.74) is 0. The molecule has 0 aliphatic heterocycles. The van der Waals surface area contributed by atoms with Crippen molar-refractivity contribution in [2.24, 2.45) is 0 Å². The van der Waals surface area contributed by atoms with Crippen molar-refractivity contribution in [3.05, 3.63) is 30.2 Å². The first-order chi connectivity index (χ1) is 4.61. The van der Waals surface area contributed by atoms with Crippen molar-refractivity contribution in [1.82, 2.24) is 0 Å². The largest absolute Gasteiger partial charge is 0.0831 e. The Morgan fingerprint density at radius 2 is 1.80 bits per heavy atom. The summed E-state index contributed by atoms with van der Waals surface area (Å²) in [4.78, 5) is 0. The number of hydrogen-bond donors (Lipinski definition) is 0. The predicted molar refractivity (Wildman–Crippen MR) is 56.9 cm³/mol. The maximum atomic E-state index is 5.77. The molecule has 0 unspecified atom stereocenters. The van der Waals surface area contributed by atoms with Crippen molar-refractivity contribution in [3.63, 3.8) is 0 Å². The molecular formula is C6H2BrCl2I. The lowest BCUT2D eigenvalue weighted by Gasteiger charge is -1.98. The van der Waals surface area contributed by atoms with E-state index in [1.165, 1.54) is 0 Å². The maximum Gasteiger partial charge on any atom is 0.0563 e. The van der Waals surface area contributed by atoms with Crippen LogP contribution in [-0.2, 0) is 0 Å². The molecule has 10 heavy (non-hydrogen) atoms. The van der Waals surface area contributed by atoms with Gasteiger partial charge in [0, 0.05) is 8.04 Å². The number of rotatable bonds is 0. The summed E-state index contributed by atoms with van der Waals surface area (Å²) in [6, 6.07) is 3.60. The lowest BCUT2D eigenvalue weighted by molar-refractivity contribution is 1.59. The van der Waals surface area contributed by atoms with Crippen LogP contribution in [0.3, 0.4) is 0 Å². The van der Waals surface area contributed by atoms with Crippen LogP contribution >= 0.6 is 61.7 Å². The predicted octanol–water partition coefficient (Wildman–Crippen LogP) is 4.36. The molecule has 0 aromatic heterocycles. The second kappa shape index (κ2) is 3.61. The van der Waals surface area contributed by atoms with Gasteiger partial charge < -0.3 is 0 Å². The highest BCUT2D eigenvalue weighted by molar-refractivity contribution is 14.1. The van der Waals surface area contributed by atoms with Gasteiger partial charge in [-0.25, -0.2) is 0 Å². The second-order valence-electron chi connectivity index (χ2n) is 1.68. The fourth-order valence-corrected chi connectivity index (χ4v) is 2.12. The van der Waals surface area contributed by atoms with Gasteiger partial charge in [-0.05, 0) is 50.7 Å². The normalized spacial score (nSPS) is 10.0. The first kappa shape index (κ1) is 9.10. The van der Waals surface area contributed by atoms with Crippen LogP contribution in [-0.4, -0.2) is 0 Å². The first-order valence-electron chi connectivity index (χ1n) is 2.41. The monoisotopic (exact) mass is 350 g/mol. The van der Waals surface area contributed by atoms with Crippen molar-refractivity contribution in [2.75, 3.05) is 0 Å². The molecule has 0 saturated carbocycles. The summed E-state index contributed by atoms with van der Waals surface area (Å²) in [6.07, 6.45) is 0. The zero-order chi connectivity index (χ0) is 7.72. The first-order valence-corrected chi connectivity index (χ1v) is 5.04. The molecule has 1 aromatic carbocycles. The van der Waals surface area contributed by atoms with E-state index >= 15 is 0 Å². The van der Waals surface area contributed by atoms with Crippen molar-refractivity contribution in [1.29, 1.82) is 0 Å². The molecule has 0 fully saturated rings. The fourth-order valence-electron chi connectivity index (χ4n) is 0.498. The minimum Gasteiger partial charge on any atom is -0.0831 e. The van der Waals surface area contributed by atoms with Crippen LogP contribution in [0.25, 0.3) is 0 Å². The molecule has 0 bridgehead atoms. The minimum atomic E-state index is 0.644. The summed E-state index contributed by atoms with van der Waals surface area (Å²) >= 11 is 17.0. The van der Waals surface area contributed by atoms with Gasteiger partial charge in [0.1, 0.15) is 0 Å². The Morgan fingerprint density at radius 3 is 2.30 bits per heavy atom. The van der Waals surface area contributed by atoms with E-state index in [4.69, 9.17) is 23.2 Å². The molecule has 0 spiro atoms. The van der Waals surface area contributed by atoms with Gasteiger partial charge in [0.25, 0.3) is 0 Å². The molecule has 0 atom stereocenters. The van der Waals surface area contributed by atoms with E-state index < -0.39 is 0 Å². The van der Waals surface area contributed by atoms with E-state index in [9.17, 15) is 0 Å². The smallest absolute Gasteiger partial charge is 0.0563 e. The Balaban J connectivity index is 3.28. The van der Waals surface area contributed by atoms with Gasteiger partial charge in [-0.1, -0.05) is 23.2 Å². The summed E-state index contributed by atoms with van der Waals surface area (Å²) < 4.78 is 1.87. The van der Waals surface area contributed by atoms with Crippen molar-refractivity contribution < 1.29 is 0 Å². The van der Waals surface area contributed by atoms with E-state index in [0.717, 1.165) is 8.04 Å². The molecule has 1 rings (SSSR count). The topological polar surface area (TPSA) is 0 Å².